The van der Waals surface area contributed by atoms with Crippen LogP contribution in [0.2, 0.25) is 0 Å². The van der Waals surface area contributed by atoms with E-state index in [2.05, 4.69) is 0 Å². The minimum Gasteiger partial charge on any atom is -0.364 e. The highest BCUT2D eigenvalue weighted by Crippen LogP contribution is 2.46. The number of carbonyl (C=O) groups excluding carboxylic acids is 1. The standard InChI is InChI=1S/C15H13F3O2/c16-15(17,18)8-20-14-6-9-5-10(19)7-13(9)11-3-1-2-4-12(11)14/h1-4,7,9,14H,5-6,8H2/t9-,14-/m1/s1. The Morgan fingerprint density at radius 1 is 1.25 bits per heavy atom. The lowest BCUT2D eigenvalue weighted by Crippen LogP contribution is -2.24. The highest BCUT2D eigenvalue weighted by atomic mass is 19.4. The molecule has 0 bridgehead atoms. The number of ketones is 1. The van der Waals surface area contributed by atoms with E-state index in [1.54, 1.807) is 18.2 Å². The topological polar surface area (TPSA) is 26.3 Å². The van der Waals surface area contributed by atoms with Crippen molar-refractivity contribution >= 4 is 11.4 Å². The van der Waals surface area contributed by atoms with Gasteiger partial charge in [0.2, 0.25) is 0 Å². The molecule has 20 heavy (non-hydrogen) atoms. The van der Waals surface area contributed by atoms with Gasteiger partial charge in [0, 0.05) is 6.42 Å². The molecule has 1 aromatic rings. The molecule has 0 aliphatic heterocycles. The third-order valence-corrected chi connectivity index (χ3v) is 3.77. The molecule has 0 spiro atoms. The summed E-state index contributed by atoms with van der Waals surface area (Å²) >= 11 is 0. The molecule has 2 nitrogen and oxygen atoms in total. The van der Waals surface area contributed by atoms with Crippen molar-refractivity contribution in [2.24, 2.45) is 5.92 Å². The van der Waals surface area contributed by atoms with Gasteiger partial charge < -0.3 is 4.74 Å². The Morgan fingerprint density at radius 3 is 2.75 bits per heavy atom. The predicted molar refractivity (Wildman–Crippen MR) is 66.9 cm³/mol. The SMILES string of the molecule is O=C1C=C2c3ccccc3[C@H](OCC(F)(F)F)C[C@H]2C1. The first kappa shape index (κ1) is 13.4. The molecule has 0 radical (unpaired) electrons. The zero-order chi connectivity index (χ0) is 14.3. The van der Waals surface area contributed by atoms with Crippen LogP contribution < -0.4 is 0 Å². The van der Waals surface area contributed by atoms with Gasteiger partial charge in [0.05, 0.1) is 6.10 Å². The van der Waals surface area contributed by atoms with Gasteiger partial charge in [-0.05, 0) is 35.1 Å². The molecule has 5 heteroatoms. The fourth-order valence-corrected chi connectivity index (χ4v) is 2.99. The zero-order valence-corrected chi connectivity index (χ0v) is 10.6. The molecular formula is C15H13F3O2. The molecule has 0 saturated carbocycles. The predicted octanol–water partition coefficient (Wildman–Crippen LogP) is 3.68. The van der Waals surface area contributed by atoms with Crippen LogP contribution in [0.25, 0.3) is 5.57 Å². The van der Waals surface area contributed by atoms with E-state index in [4.69, 9.17) is 4.74 Å². The van der Waals surface area contributed by atoms with Crippen LogP contribution in [0.1, 0.15) is 30.1 Å². The van der Waals surface area contributed by atoms with E-state index in [0.29, 0.717) is 12.8 Å². The smallest absolute Gasteiger partial charge is 0.364 e. The van der Waals surface area contributed by atoms with Crippen LogP contribution in [0.5, 0.6) is 0 Å². The molecule has 2 aliphatic carbocycles. The normalized spacial score (nSPS) is 25.1. The maximum Gasteiger partial charge on any atom is 0.411 e. The first-order valence-electron chi connectivity index (χ1n) is 6.46. The van der Waals surface area contributed by atoms with E-state index in [9.17, 15) is 18.0 Å². The Labute approximate surface area is 114 Å². The van der Waals surface area contributed by atoms with Gasteiger partial charge in [0.25, 0.3) is 0 Å². The molecule has 0 amide bonds. The van der Waals surface area contributed by atoms with E-state index in [-0.39, 0.29) is 11.7 Å². The number of allylic oxidation sites excluding steroid dienone is 2. The highest BCUT2D eigenvalue weighted by molar-refractivity contribution is 6.03. The minimum atomic E-state index is -4.34. The summed E-state index contributed by atoms with van der Waals surface area (Å²) in [6, 6.07) is 7.22. The monoisotopic (exact) mass is 282 g/mol. The van der Waals surface area contributed by atoms with Gasteiger partial charge in [-0.3, -0.25) is 4.79 Å². The van der Waals surface area contributed by atoms with Crippen LogP contribution in [0.15, 0.2) is 30.3 Å². The van der Waals surface area contributed by atoms with Gasteiger partial charge in [-0.1, -0.05) is 24.3 Å². The molecule has 2 atom stereocenters. The van der Waals surface area contributed by atoms with Crippen molar-refractivity contribution in [3.8, 4) is 0 Å². The van der Waals surface area contributed by atoms with E-state index in [1.165, 1.54) is 0 Å². The number of benzene rings is 1. The van der Waals surface area contributed by atoms with E-state index < -0.39 is 18.9 Å². The quantitative estimate of drug-likeness (QED) is 0.827. The van der Waals surface area contributed by atoms with Crippen LogP contribution >= 0.6 is 0 Å². The number of ether oxygens (including phenoxy) is 1. The Morgan fingerprint density at radius 2 is 2.00 bits per heavy atom. The van der Waals surface area contributed by atoms with Crippen LogP contribution in [0, 0.1) is 5.92 Å². The van der Waals surface area contributed by atoms with Gasteiger partial charge in [-0.25, -0.2) is 0 Å². The number of halogens is 3. The molecule has 0 saturated heterocycles. The van der Waals surface area contributed by atoms with E-state index in [1.807, 2.05) is 12.1 Å². The van der Waals surface area contributed by atoms with Gasteiger partial charge in [0.15, 0.2) is 5.78 Å². The van der Waals surface area contributed by atoms with Crippen LogP contribution in [-0.2, 0) is 9.53 Å². The van der Waals surface area contributed by atoms with Crippen molar-refractivity contribution in [3.05, 3.63) is 41.5 Å². The number of hydrogen-bond acceptors (Lipinski definition) is 2. The van der Waals surface area contributed by atoms with Crippen molar-refractivity contribution < 1.29 is 22.7 Å². The second-order valence-electron chi connectivity index (χ2n) is 5.20. The van der Waals surface area contributed by atoms with Crippen molar-refractivity contribution in [3.63, 3.8) is 0 Å². The van der Waals surface area contributed by atoms with Gasteiger partial charge in [-0.2, -0.15) is 13.2 Å². The fraction of sp³-hybridized carbons (Fsp3) is 0.400. The number of alkyl halides is 3. The molecule has 0 fully saturated rings. The Kier molecular flexibility index (Phi) is 3.17. The zero-order valence-electron chi connectivity index (χ0n) is 10.6. The molecule has 3 rings (SSSR count). The Balaban J connectivity index is 1.90. The molecular weight excluding hydrogens is 269 g/mol. The molecule has 0 aromatic heterocycles. The van der Waals surface area contributed by atoms with Crippen LogP contribution in [0.3, 0.4) is 0 Å². The summed E-state index contributed by atoms with van der Waals surface area (Å²) in [6.45, 7) is -1.26. The summed E-state index contributed by atoms with van der Waals surface area (Å²) in [7, 11) is 0. The van der Waals surface area contributed by atoms with Crippen molar-refractivity contribution in [2.45, 2.75) is 25.1 Å². The largest absolute Gasteiger partial charge is 0.411 e. The number of rotatable bonds is 2. The summed E-state index contributed by atoms with van der Waals surface area (Å²) in [5.74, 6) is 0.0203. The number of carbonyl (C=O) groups is 1. The van der Waals surface area contributed by atoms with Crippen molar-refractivity contribution in [1.29, 1.82) is 0 Å². The maximum absolute atomic E-state index is 12.3. The van der Waals surface area contributed by atoms with Crippen LogP contribution in [0.4, 0.5) is 13.2 Å². The summed E-state index contributed by atoms with van der Waals surface area (Å²) in [4.78, 5) is 11.5. The number of fused-ring (bicyclic) bond motifs is 3. The summed E-state index contributed by atoms with van der Waals surface area (Å²) in [6.07, 6.45) is -2.51. The second-order valence-corrected chi connectivity index (χ2v) is 5.20. The molecule has 0 heterocycles. The first-order valence-corrected chi connectivity index (χ1v) is 6.46. The van der Waals surface area contributed by atoms with Crippen molar-refractivity contribution in [1.82, 2.24) is 0 Å². The lowest BCUT2D eigenvalue weighted by atomic mass is 9.79. The maximum atomic E-state index is 12.3. The summed E-state index contributed by atoms with van der Waals surface area (Å²) in [5, 5.41) is 0. The van der Waals surface area contributed by atoms with Gasteiger partial charge in [-0.15, -0.1) is 0 Å². The third-order valence-electron chi connectivity index (χ3n) is 3.77. The first-order chi connectivity index (χ1) is 9.44. The van der Waals surface area contributed by atoms with Gasteiger partial charge >= 0.3 is 6.18 Å². The molecule has 1 aromatic carbocycles. The van der Waals surface area contributed by atoms with Crippen LogP contribution in [-0.4, -0.2) is 18.6 Å². The average molecular weight is 282 g/mol. The molecule has 2 aliphatic rings. The summed E-state index contributed by atoms with van der Waals surface area (Å²) in [5.41, 5.74) is 2.54. The van der Waals surface area contributed by atoms with Gasteiger partial charge in [0.1, 0.15) is 6.61 Å². The molecule has 106 valence electrons. The Hall–Kier alpha value is -1.62. The van der Waals surface area contributed by atoms with E-state index in [0.717, 1.165) is 16.7 Å². The second kappa shape index (κ2) is 4.74. The lowest BCUT2D eigenvalue weighted by molar-refractivity contribution is -0.187. The third kappa shape index (κ3) is 2.50. The number of hydrogen-bond donors (Lipinski definition) is 0. The Bertz CT molecular complexity index is 575. The van der Waals surface area contributed by atoms with E-state index >= 15 is 0 Å². The molecule has 0 unspecified atom stereocenters. The average Bonchev–Trinajstić information content (AvgIpc) is 2.75. The minimum absolute atomic E-state index is 0.0179. The highest BCUT2D eigenvalue weighted by Gasteiger charge is 2.37. The van der Waals surface area contributed by atoms with Crippen molar-refractivity contribution in [2.75, 3.05) is 6.61 Å². The summed E-state index contributed by atoms with van der Waals surface area (Å²) < 4.78 is 42.0. The lowest BCUT2D eigenvalue weighted by Gasteiger charge is -2.31. The fourth-order valence-electron chi connectivity index (χ4n) is 2.99. The molecule has 0 N–H and O–H groups in total.